The van der Waals surface area contributed by atoms with Gasteiger partial charge in [0.2, 0.25) is 0 Å². The quantitative estimate of drug-likeness (QED) is 0.705. The molecule has 0 amide bonds. The molecule has 3 aromatic carbocycles. The van der Waals surface area contributed by atoms with Gasteiger partial charge in [0.05, 0.1) is 6.42 Å². The highest BCUT2D eigenvalue weighted by molar-refractivity contribution is 5.85. The zero-order valence-electron chi connectivity index (χ0n) is 15.2. The molecule has 0 heterocycles. The summed E-state index contributed by atoms with van der Waals surface area (Å²) in [6, 6.07) is 25.2. The monoisotopic (exact) mass is 357 g/mol. The van der Waals surface area contributed by atoms with Gasteiger partial charge in [-0.3, -0.25) is 4.79 Å². The molecule has 0 aromatic heterocycles. The van der Waals surface area contributed by atoms with Crippen LogP contribution in [-0.2, 0) is 17.6 Å². The number of carboxylic acid groups (broad SMARTS) is 1. The number of carboxylic acids is 1. The van der Waals surface area contributed by atoms with Crippen molar-refractivity contribution in [2.45, 2.75) is 19.3 Å². The summed E-state index contributed by atoms with van der Waals surface area (Å²) in [6.07, 6.45) is 1.56. The molecule has 1 aliphatic carbocycles. The molecule has 1 aliphatic rings. The minimum absolute atomic E-state index is 0.111. The zero-order valence-corrected chi connectivity index (χ0v) is 15.2. The third kappa shape index (κ3) is 3.38. The minimum atomic E-state index is -0.778. The average molecular weight is 357 g/mol. The van der Waals surface area contributed by atoms with E-state index in [1.54, 1.807) is 0 Å². The van der Waals surface area contributed by atoms with Crippen molar-refractivity contribution in [2.24, 2.45) is 11.1 Å². The van der Waals surface area contributed by atoms with Crippen LogP contribution in [0.25, 0.3) is 22.3 Å². The van der Waals surface area contributed by atoms with E-state index in [1.807, 2.05) is 36.4 Å². The van der Waals surface area contributed by atoms with Gasteiger partial charge in [0.1, 0.15) is 0 Å². The van der Waals surface area contributed by atoms with Gasteiger partial charge >= 0.3 is 5.97 Å². The number of hydrogen-bond donors (Lipinski definition) is 2. The fourth-order valence-corrected chi connectivity index (χ4v) is 4.26. The first-order valence-corrected chi connectivity index (χ1v) is 9.29. The van der Waals surface area contributed by atoms with Crippen molar-refractivity contribution < 1.29 is 9.90 Å². The molecule has 0 radical (unpaired) electrons. The first-order valence-electron chi connectivity index (χ1n) is 9.29. The summed E-state index contributed by atoms with van der Waals surface area (Å²) in [5, 5.41) is 9.36. The molecule has 0 bridgehead atoms. The molecule has 27 heavy (non-hydrogen) atoms. The smallest absolute Gasteiger partial charge is 0.303 e. The second kappa shape index (κ2) is 7.01. The molecular formula is C24H23NO2. The van der Waals surface area contributed by atoms with Crippen molar-refractivity contribution in [3.63, 3.8) is 0 Å². The highest BCUT2D eigenvalue weighted by atomic mass is 16.4. The van der Waals surface area contributed by atoms with Gasteiger partial charge in [0.15, 0.2) is 0 Å². The number of hydrogen-bond acceptors (Lipinski definition) is 2. The number of benzene rings is 3. The summed E-state index contributed by atoms with van der Waals surface area (Å²) < 4.78 is 0. The Morgan fingerprint density at radius 1 is 0.852 bits per heavy atom. The molecular weight excluding hydrogens is 334 g/mol. The molecule has 3 aromatic rings. The van der Waals surface area contributed by atoms with Crippen LogP contribution in [-0.4, -0.2) is 17.6 Å². The molecule has 3 heteroatoms. The first-order chi connectivity index (χ1) is 13.1. The minimum Gasteiger partial charge on any atom is -0.481 e. The third-order valence-corrected chi connectivity index (χ3v) is 5.60. The number of nitrogens with two attached hydrogens (primary N) is 1. The Kier molecular flexibility index (Phi) is 4.54. The molecule has 0 saturated carbocycles. The largest absolute Gasteiger partial charge is 0.481 e. The Bertz CT molecular complexity index is 896. The first kappa shape index (κ1) is 17.5. The maximum absolute atomic E-state index is 11.4. The van der Waals surface area contributed by atoms with Crippen molar-refractivity contribution >= 4 is 5.97 Å². The highest BCUT2D eigenvalue weighted by Crippen LogP contribution is 2.44. The standard InChI is InChI=1S/C24H23NO2/c25-16-24(15-23(26)27)13-19-11-21(17-7-3-1-4-8-17)22(12-20(19)14-24)18-9-5-2-6-10-18/h1-12H,13-16,25H2,(H,26,27). The van der Waals surface area contributed by atoms with E-state index in [2.05, 4.69) is 36.4 Å². The Balaban J connectivity index is 1.85. The molecule has 0 fully saturated rings. The lowest BCUT2D eigenvalue weighted by Gasteiger charge is -2.24. The normalized spacial score (nSPS) is 14.7. The van der Waals surface area contributed by atoms with Gasteiger partial charge in [-0.1, -0.05) is 72.8 Å². The van der Waals surface area contributed by atoms with Gasteiger partial charge in [-0.2, -0.15) is 0 Å². The van der Waals surface area contributed by atoms with Gasteiger partial charge in [-0.15, -0.1) is 0 Å². The van der Waals surface area contributed by atoms with Crippen molar-refractivity contribution in [2.75, 3.05) is 6.54 Å². The molecule has 0 saturated heterocycles. The predicted octanol–water partition coefficient (Wildman–Crippen LogP) is 4.54. The second-order valence-electron chi connectivity index (χ2n) is 7.53. The van der Waals surface area contributed by atoms with Crippen LogP contribution >= 0.6 is 0 Å². The summed E-state index contributed by atoms with van der Waals surface area (Å²) in [5.74, 6) is -0.778. The van der Waals surface area contributed by atoms with Crippen LogP contribution in [0, 0.1) is 5.41 Å². The van der Waals surface area contributed by atoms with E-state index < -0.39 is 5.97 Å². The van der Waals surface area contributed by atoms with E-state index in [1.165, 1.54) is 33.4 Å². The van der Waals surface area contributed by atoms with Gasteiger partial charge in [-0.25, -0.2) is 0 Å². The van der Waals surface area contributed by atoms with E-state index >= 15 is 0 Å². The molecule has 0 unspecified atom stereocenters. The Hall–Kier alpha value is -2.91. The lowest BCUT2D eigenvalue weighted by atomic mass is 9.81. The summed E-state index contributed by atoms with van der Waals surface area (Å²) >= 11 is 0. The molecule has 4 rings (SSSR count). The lowest BCUT2D eigenvalue weighted by molar-refractivity contribution is -0.139. The highest BCUT2D eigenvalue weighted by Gasteiger charge is 2.38. The molecule has 0 aliphatic heterocycles. The van der Waals surface area contributed by atoms with E-state index in [0.717, 1.165) is 12.8 Å². The Morgan fingerprint density at radius 2 is 1.30 bits per heavy atom. The van der Waals surface area contributed by atoms with Crippen LogP contribution in [0.4, 0.5) is 0 Å². The summed E-state index contributed by atoms with van der Waals surface area (Å²) in [7, 11) is 0. The molecule has 0 spiro atoms. The van der Waals surface area contributed by atoms with E-state index in [0.29, 0.717) is 6.54 Å². The van der Waals surface area contributed by atoms with Crippen LogP contribution in [0.1, 0.15) is 17.5 Å². The molecule has 136 valence electrons. The lowest BCUT2D eigenvalue weighted by Crippen LogP contribution is -2.33. The second-order valence-corrected chi connectivity index (χ2v) is 7.53. The number of rotatable bonds is 5. The fraction of sp³-hybridized carbons (Fsp3) is 0.208. The van der Waals surface area contributed by atoms with Crippen molar-refractivity contribution in [3.05, 3.63) is 83.9 Å². The van der Waals surface area contributed by atoms with E-state index in [9.17, 15) is 9.90 Å². The van der Waals surface area contributed by atoms with Crippen molar-refractivity contribution in [1.29, 1.82) is 0 Å². The maximum atomic E-state index is 11.4. The van der Waals surface area contributed by atoms with Crippen LogP contribution in [0.5, 0.6) is 0 Å². The van der Waals surface area contributed by atoms with Crippen LogP contribution < -0.4 is 5.73 Å². The fourth-order valence-electron chi connectivity index (χ4n) is 4.26. The van der Waals surface area contributed by atoms with Crippen LogP contribution in [0.15, 0.2) is 72.8 Å². The Labute approximate surface area is 159 Å². The average Bonchev–Trinajstić information content (AvgIpc) is 3.05. The van der Waals surface area contributed by atoms with Gasteiger partial charge in [-0.05, 0) is 52.8 Å². The van der Waals surface area contributed by atoms with Crippen molar-refractivity contribution in [1.82, 2.24) is 0 Å². The Morgan fingerprint density at radius 3 is 1.67 bits per heavy atom. The summed E-state index contributed by atoms with van der Waals surface area (Å²) in [5.41, 5.74) is 12.8. The summed E-state index contributed by atoms with van der Waals surface area (Å²) in [6.45, 7) is 0.384. The number of fused-ring (bicyclic) bond motifs is 1. The van der Waals surface area contributed by atoms with Gasteiger partial charge in [0, 0.05) is 5.41 Å². The number of carbonyl (C=O) groups is 1. The third-order valence-electron chi connectivity index (χ3n) is 5.60. The SMILES string of the molecule is NCC1(CC(=O)O)Cc2cc(-c3ccccc3)c(-c3ccccc3)cc2C1. The number of aliphatic carboxylic acids is 1. The summed E-state index contributed by atoms with van der Waals surface area (Å²) in [4.78, 5) is 11.4. The van der Waals surface area contributed by atoms with E-state index in [-0.39, 0.29) is 11.8 Å². The molecule has 3 nitrogen and oxygen atoms in total. The molecule has 3 N–H and O–H groups in total. The maximum Gasteiger partial charge on any atom is 0.303 e. The van der Waals surface area contributed by atoms with Crippen molar-refractivity contribution in [3.8, 4) is 22.3 Å². The molecule has 0 atom stereocenters. The topological polar surface area (TPSA) is 63.3 Å². The van der Waals surface area contributed by atoms with E-state index in [4.69, 9.17) is 5.73 Å². The van der Waals surface area contributed by atoms with Gasteiger partial charge in [0.25, 0.3) is 0 Å². The van der Waals surface area contributed by atoms with Gasteiger partial charge < -0.3 is 10.8 Å². The van der Waals surface area contributed by atoms with Crippen LogP contribution in [0.2, 0.25) is 0 Å². The predicted molar refractivity (Wildman–Crippen MR) is 108 cm³/mol. The zero-order chi connectivity index (χ0) is 18.9. The van der Waals surface area contributed by atoms with Crippen LogP contribution in [0.3, 0.4) is 0 Å².